The Morgan fingerprint density at radius 3 is 2.57 bits per heavy atom. The number of rotatable bonds is 6. The van der Waals surface area contributed by atoms with Gasteiger partial charge in [0.25, 0.3) is 0 Å². The van der Waals surface area contributed by atoms with Gasteiger partial charge in [0.1, 0.15) is 0 Å². The molecule has 23 heavy (non-hydrogen) atoms. The fraction of sp³-hybridized carbons (Fsp3) is 0.222. The maximum Gasteiger partial charge on any atom is 0.322 e. The zero-order valence-electron chi connectivity index (χ0n) is 13.1. The summed E-state index contributed by atoms with van der Waals surface area (Å²) in [5.41, 5.74) is 1.82. The van der Waals surface area contributed by atoms with E-state index in [4.69, 9.17) is 4.74 Å². The monoisotopic (exact) mass is 329 g/mol. The summed E-state index contributed by atoms with van der Waals surface area (Å²) >= 11 is 1.56. The highest BCUT2D eigenvalue weighted by Gasteiger charge is 2.25. The van der Waals surface area contributed by atoms with E-state index in [0.29, 0.717) is 6.54 Å². The number of methoxy groups -OCH3 is 1. The summed E-state index contributed by atoms with van der Waals surface area (Å²) in [6, 6.07) is 13.5. The van der Waals surface area contributed by atoms with Gasteiger partial charge >= 0.3 is 5.97 Å². The van der Waals surface area contributed by atoms with Crippen molar-refractivity contribution in [2.45, 2.75) is 13.5 Å². The largest absolute Gasteiger partial charge is 0.468 e. The van der Waals surface area contributed by atoms with Gasteiger partial charge in [-0.25, -0.2) is 0 Å². The van der Waals surface area contributed by atoms with Crippen LogP contribution in [0.5, 0.6) is 0 Å². The molecule has 1 aromatic carbocycles. The Morgan fingerprint density at radius 2 is 1.96 bits per heavy atom. The summed E-state index contributed by atoms with van der Waals surface area (Å²) in [7, 11) is 1.29. The first-order chi connectivity index (χ1) is 11.1. The molecule has 5 heteroatoms. The lowest BCUT2D eigenvalue weighted by Crippen LogP contribution is -2.34. The van der Waals surface area contributed by atoms with E-state index in [2.05, 4.69) is 5.32 Å². The molecular weight excluding hydrogens is 310 g/mol. The SMILES string of the molecule is COC(=O)C(/C=C(\C)c1ccccc1)C(=O)NCc1cccs1. The van der Waals surface area contributed by atoms with Crippen LogP contribution in [0.25, 0.3) is 5.57 Å². The van der Waals surface area contributed by atoms with Crippen molar-refractivity contribution in [2.24, 2.45) is 5.92 Å². The number of carbonyl (C=O) groups is 2. The molecule has 120 valence electrons. The normalized spacial score (nSPS) is 12.5. The number of benzene rings is 1. The molecule has 2 rings (SSSR count). The van der Waals surface area contributed by atoms with Crippen LogP contribution in [-0.4, -0.2) is 19.0 Å². The summed E-state index contributed by atoms with van der Waals surface area (Å²) in [6.45, 7) is 2.28. The van der Waals surface area contributed by atoms with Crippen molar-refractivity contribution < 1.29 is 14.3 Å². The van der Waals surface area contributed by atoms with Crippen LogP contribution in [0.4, 0.5) is 0 Å². The molecule has 0 fully saturated rings. The second kappa shape index (κ2) is 8.29. The van der Waals surface area contributed by atoms with Gasteiger partial charge in [0.2, 0.25) is 5.91 Å². The number of amides is 1. The number of nitrogens with one attached hydrogen (secondary N) is 1. The number of thiophene rings is 1. The van der Waals surface area contributed by atoms with Gasteiger partial charge in [-0.3, -0.25) is 9.59 Å². The molecule has 0 aliphatic rings. The van der Waals surface area contributed by atoms with E-state index in [9.17, 15) is 9.59 Å². The smallest absolute Gasteiger partial charge is 0.322 e. The quantitative estimate of drug-likeness (QED) is 0.654. The number of carbonyl (C=O) groups excluding carboxylic acids is 2. The second-order valence-corrected chi connectivity index (χ2v) is 6.05. The van der Waals surface area contributed by atoms with Crippen molar-refractivity contribution in [2.75, 3.05) is 7.11 Å². The van der Waals surface area contributed by atoms with Crippen LogP contribution in [0.2, 0.25) is 0 Å². The van der Waals surface area contributed by atoms with Crippen LogP contribution in [0.3, 0.4) is 0 Å². The minimum absolute atomic E-state index is 0.361. The molecule has 0 aliphatic heterocycles. The molecule has 0 bridgehead atoms. The highest BCUT2D eigenvalue weighted by Crippen LogP contribution is 2.17. The van der Waals surface area contributed by atoms with Gasteiger partial charge < -0.3 is 10.1 Å². The lowest BCUT2D eigenvalue weighted by molar-refractivity contribution is -0.147. The molecule has 1 heterocycles. The summed E-state index contributed by atoms with van der Waals surface area (Å²) in [5, 5.41) is 4.73. The molecule has 1 atom stereocenters. The highest BCUT2D eigenvalue weighted by molar-refractivity contribution is 7.09. The summed E-state index contributed by atoms with van der Waals surface area (Å²) in [6.07, 6.45) is 1.64. The van der Waals surface area contributed by atoms with Crippen LogP contribution in [0, 0.1) is 5.92 Å². The van der Waals surface area contributed by atoms with E-state index in [1.165, 1.54) is 7.11 Å². The first-order valence-corrected chi connectivity index (χ1v) is 8.11. The van der Waals surface area contributed by atoms with E-state index in [0.717, 1.165) is 16.0 Å². The number of hydrogen-bond donors (Lipinski definition) is 1. The average Bonchev–Trinajstić information content (AvgIpc) is 3.11. The van der Waals surface area contributed by atoms with Gasteiger partial charge in [0.15, 0.2) is 5.92 Å². The predicted octanol–water partition coefficient (Wildman–Crippen LogP) is 3.26. The minimum atomic E-state index is -0.958. The van der Waals surface area contributed by atoms with Crippen LogP contribution in [0.15, 0.2) is 53.9 Å². The van der Waals surface area contributed by atoms with E-state index in [1.54, 1.807) is 17.4 Å². The van der Waals surface area contributed by atoms with E-state index >= 15 is 0 Å². The average molecular weight is 329 g/mol. The van der Waals surface area contributed by atoms with Crippen LogP contribution >= 0.6 is 11.3 Å². The Kier molecular flexibility index (Phi) is 6.11. The molecule has 1 amide bonds. The highest BCUT2D eigenvalue weighted by atomic mass is 32.1. The van der Waals surface area contributed by atoms with Crippen molar-refractivity contribution >= 4 is 28.8 Å². The van der Waals surface area contributed by atoms with Crippen molar-refractivity contribution in [3.8, 4) is 0 Å². The van der Waals surface area contributed by atoms with Crippen molar-refractivity contribution in [1.29, 1.82) is 0 Å². The molecule has 4 nitrogen and oxygen atoms in total. The molecule has 1 N–H and O–H groups in total. The second-order valence-electron chi connectivity index (χ2n) is 5.01. The lowest BCUT2D eigenvalue weighted by atomic mass is 10.0. The van der Waals surface area contributed by atoms with Gasteiger partial charge in [-0.2, -0.15) is 0 Å². The number of hydrogen-bond acceptors (Lipinski definition) is 4. The Balaban J connectivity index is 2.13. The Hall–Kier alpha value is -2.40. The minimum Gasteiger partial charge on any atom is -0.468 e. The lowest BCUT2D eigenvalue weighted by Gasteiger charge is -2.12. The topological polar surface area (TPSA) is 55.4 Å². The van der Waals surface area contributed by atoms with Gasteiger partial charge in [-0.05, 0) is 29.5 Å². The maximum absolute atomic E-state index is 12.4. The standard InChI is InChI=1S/C18H19NO3S/c1-13(14-7-4-3-5-8-14)11-16(18(21)22-2)17(20)19-12-15-9-6-10-23-15/h3-11,16H,12H2,1-2H3,(H,19,20)/b13-11+. The van der Waals surface area contributed by atoms with Crippen LogP contribution in [0.1, 0.15) is 17.4 Å². The van der Waals surface area contributed by atoms with E-state index in [-0.39, 0.29) is 5.91 Å². The van der Waals surface area contributed by atoms with E-state index < -0.39 is 11.9 Å². The molecule has 1 unspecified atom stereocenters. The Labute approximate surface area is 139 Å². The third kappa shape index (κ3) is 4.79. The third-order valence-corrected chi connectivity index (χ3v) is 4.28. The summed E-state index contributed by atoms with van der Waals surface area (Å²) in [4.78, 5) is 25.3. The van der Waals surface area contributed by atoms with Crippen molar-refractivity contribution in [1.82, 2.24) is 5.32 Å². The fourth-order valence-electron chi connectivity index (χ4n) is 2.12. The molecule has 0 spiro atoms. The van der Waals surface area contributed by atoms with Crippen molar-refractivity contribution in [3.63, 3.8) is 0 Å². The zero-order chi connectivity index (χ0) is 16.7. The van der Waals surface area contributed by atoms with Gasteiger partial charge in [-0.15, -0.1) is 11.3 Å². The summed E-state index contributed by atoms with van der Waals surface area (Å²) < 4.78 is 4.77. The Morgan fingerprint density at radius 1 is 1.22 bits per heavy atom. The molecule has 0 radical (unpaired) electrons. The van der Waals surface area contributed by atoms with Crippen LogP contribution < -0.4 is 5.32 Å². The van der Waals surface area contributed by atoms with Crippen LogP contribution in [-0.2, 0) is 20.9 Å². The first kappa shape index (κ1) is 17.0. The van der Waals surface area contributed by atoms with E-state index in [1.807, 2.05) is 54.8 Å². The van der Waals surface area contributed by atoms with Crippen molar-refractivity contribution in [3.05, 3.63) is 64.4 Å². The Bertz CT molecular complexity index is 678. The molecule has 0 saturated carbocycles. The predicted molar refractivity (Wildman–Crippen MR) is 91.8 cm³/mol. The molecule has 0 saturated heterocycles. The summed E-state index contributed by atoms with van der Waals surface area (Å²) in [5.74, 6) is -1.88. The fourth-order valence-corrected chi connectivity index (χ4v) is 2.77. The van der Waals surface area contributed by atoms with Gasteiger partial charge in [0.05, 0.1) is 13.7 Å². The first-order valence-electron chi connectivity index (χ1n) is 7.23. The number of allylic oxidation sites excluding steroid dienone is 1. The number of esters is 1. The van der Waals surface area contributed by atoms with Gasteiger partial charge in [0, 0.05) is 4.88 Å². The zero-order valence-corrected chi connectivity index (χ0v) is 13.9. The molecular formula is C18H19NO3S. The molecule has 2 aromatic rings. The third-order valence-electron chi connectivity index (χ3n) is 3.40. The maximum atomic E-state index is 12.4. The molecule has 0 aliphatic carbocycles. The number of ether oxygens (including phenoxy) is 1. The van der Waals surface area contributed by atoms with Gasteiger partial charge in [-0.1, -0.05) is 42.5 Å². The molecule has 1 aromatic heterocycles.